The zero-order valence-electron chi connectivity index (χ0n) is 17.1. The molecule has 2 aromatic carbocycles. The molecular weight excluding hydrogens is 418 g/mol. The fraction of sp³-hybridized carbons (Fsp3) is 0.227. The molecule has 0 unspecified atom stereocenters. The van der Waals surface area contributed by atoms with Gasteiger partial charge in [-0.1, -0.05) is 42.1 Å². The highest BCUT2D eigenvalue weighted by atomic mass is 32.2. The van der Waals surface area contributed by atoms with E-state index in [0.29, 0.717) is 4.91 Å². The number of para-hydroxylation sites is 1. The van der Waals surface area contributed by atoms with Crippen LogP contribution in [-0.4, -0.2) is 28.2 Å². The number of carbonyl (C=O) groups is 2. The minimum absolute atomic E-state index is 0.0217. The normalized spacial score (nSPS) is 20.7. The third kappa shape index (κ3) is 3.30. The van der Waals surface area contributed by atoms with Crippen molar-refractivity contribution in [2.75, 3.05) is 17.0 Å². The average Bonchev–Trinajstić information content (AvgIpc) is 3.26. The number of thioether (sulfide) groups is 2. The number of ether oxygens (including phenoxy) is 1. The number of ketones is 1. The van der Waals surface area contributed by atoms with E-state index >= 15 is 0 Å². The molecule has 0 aliphatic carbocycles. The van der Waals surface area contributed by atoms with Gasteiger partial charge in [-0.05, 0) is 62.4 Å². The molecule has 1 atom stereocenters. The maximum Gasteiger partial charge on any atom is 0.365 e. The summed E-state index contributed by atoms with van der Waals surface area (Å²) >= 11 is 2.69. The summed E-state index contributed by atoms with van der Waals surface area (Å²) in [5, 5.41) is 6.70. The summed E-state index contributed by atoms with van der Waals surface area (Å²) in [6, 6.07) is 17.7. The van der Waals surface area contributed by atoms with E-state index in [4.69, 9.17) is 4.74 Å². The highest BCUT2D eigenvalue weighted by Gasteiger charge is 2.57. The quantitative estimate of drug-likeness (QED) is 0.639. The first-order valence-corrected chi connectivity index (χ1v) is 11.0. The Balaban J connectivity index is 1.92. The highest BCUT2D eigenvalue weighted by molar-refractivity contribution is 8.29. The van der Waals surface area contributed by atoms with Gasteiger partial charge in [-0.3, -0.25) is 4.79 Å². The van der Waals surface area contributed by atoms with Crippen molar-refractivity contribution in [1.82, 2.24) is 0 Å². The maximum absolute atomic E-state index is 12.5. The molecule has 0 saturated carbocycles. The number of allylic oxidation sites excluding steroid dienone is 2. The van der Waals surface area contributed by atoms with Crippen LogP contribution in [0, 0.1) is 6.92 Å². The third-order valence-corrected chi connectivity index (χ3v) is 7.78. The largest absolute Gasteiger partial charge is 0.464 e. The number of rotatable bonds is 4. The number of hydrogen-bond acceptors (Lipinski definition) is 8. The Hall–Kier alpha value is -2.71. The molecule has 2 heterocycles. The second-order valence-electron chi connectivity index (χ2n) is 6.94. The number of hydrogen-bond donors (Lipinski definition) is 0. The molecule has 0 amide bonds. The van der Waals surface area contributed by atoms with Gasteiger partial charge in [0.1, 0.15) is 0 Å². The Bertz CT molecular complexity index is 1080. The Morgan fingerprint density at radius 1 is 1.00 bits per heavy atom. The molecule has 4 rings (SSSR count). The average molecular weight is 440 g/mol. The number of aryl methyl sites for hydroxylation is 1. The van der Waals surface area contributed by atoms with Gasteiger partial charge >= 0.3 is 5.97 Å². The summed E-state index contributed by atoms with van der Waals surface area (Å²) in [7, 11) is 1.34. The number of anilines is 2. The first kappa shape index (κ1) is 20.6. The fourth-order valence-corrected chi connectivity index (χ4v) is 6.50. The van der Waals surface area contributed by atoms with Gasteiger partial charge in [0.05, 0.1) is 17.7 Å². The van der Waals surface area contributed by atoms with Gasteiger partial charge < -0.3 is 9.64 Å². The van der Waals surface area contributed by atoms with Gasteiger partial charge in [-0.25, -0.2) is 9.80 Å². The Kier molecular flexibility index (Phi) is 5.38. The molecule has 2 aliphatic rings. The van der Waals surface area contributed by atoms with Crippen LogP contribution in [0.25, 0.3) is 0 Å². The zero-order valence-corrected chi connectivity index (χ0v) is 18.7. The molecule has 1 spiro atoms. The van der Waals surface area contributed by atoms with E-state index < -0.39 is 10.3 Å². The predicted molar refractivity (Wildman–Crippen MR) is 123 cm³/mol. The minimum Gasteiger partial charge on any atom is -0.464 e. The lowest BCUT2D eigenvalue weighted by atomic mass is 10.2. The standard InChI is InChI=1S/C22H21N3O3S2/c1-14-9-8-12-18(13-14)25-22(30-20(23-25)21(27)28-4)24(17-10-6-5-7-11-17)15(2)19(29-22)16(3)26/h5-13H,1-4H3/t22-/m0/s1. The van der Waals surface area contributed by atoms with Crippen LogP contribution < -0.4 is 9.91 Å². The van der Waals surface area contributed by atoms with Gasteiger partial charge in [0.15, 0.2) is 5.78 Å². The Morgan fingerprint density at radius 2 is 1.70 bits per heavy atom. The van der Waals surface area contributed by atoms with E-state index in [-0.39, 0.29) is 10.8 Å². The van der Waals surface area contributed by atoms with E-state index in [1.54, 1.807) is 6.92 Å². The van der Waals surface area contributed by atoms with E-state index in [1.165, 1.54) is 30.6 Å². The zero-order chi connectivity index (χ0) is 21.5. The van der Waals surface area contributed by atoms with Crippen molar-refractivity contribution < 1.29 is 14.3 Å². The summed E-state index contributed by atoms with van der Waals surface area (Å²) < 4.78 is 4.06. The van der Waals surface area contributed by atoms with Crippen molar-refractivity contribution in [2.45, 2.75) is 25.1 Å². The van der Waals surface area contributed by atoms with Crippen LogP contribution in [0.15, 0.2) is 70.3 Å². The van der Waals surface area contributed by atoms with Gasteiger partial charge in [0.25, 0.3) is 0 Å². The molecule has 6 nitrogen and oxygen atoms in total. The molecule has 0 N–H and O–H groups in total. The molecule has 30 heavy (non-hydrogen) atoms. The predicted octanol–water partition coefficient (Wildman–Crippen LogP) is 4.72. The van der Waals surface area contributed by atoms with Gasteiger partial charge in [0.2, 0.25) is 9.37 Å². The smallest absolute Gasteiger partial charge is 0.365 e. The summed E-state index contributed by atoms with van der Waals surface area (Å²) in [5.41, 5.74) is 3.63. The molecule has 0 radical (unpaired) electrons. The summed E-state index contributed by atoms with van der Waals surface area (Å²) in [6.07, 6.45) is 0. The lowest BCUT2D eigenvalue weighted by molar-refractivity contribution is -0.132. The number of benzene rings is 2. The van der Waals surface area contributed by atoms with Gasteiger partial charge in [0, 0.05) is 11.4 Å². The lowest BCUT2D eigenvalue weighted by Gasteiger charge is -2.41. The lowest BCUT2D eigenvalue weighted by Crippen LogP contribution is -2.49. The number of methoxy groups -OCH3 is 1. The molecule has 0 fully saturated rings. The number of carbonyl (C=O) groups excluding carboxylic acids is 2. The summed E-state index contributed by atoms with van der Waals surface area (Å²) in [5.74, 6) is -0.524. The summed E-state index contributed by atoms with van der Waals surface area (Å²) in [4.78, 5) is 27.6. The molecule has 0 saturated heterocycles. The second kappa shape index (κ2) is 7.85. The molecule has 2 aliphatic heterocycles. The first-order chi connectivity index (χ1) is 14.4. The number of Topliss-reactive ketones (excluding diaryl/α,β-unsaturated/α-hetero) is 1. The fourth-order valence-electron chi connectivity index (χ4n) is 3.52. The van der Waals surface area contributed by atoms with Crippen LogP contribution in [0.5, 0.6) is 0 Å². The Labute approximate surface area is 184 Å². The van der Waals surface area contributed by atoms with Crippen molar-refractivity contribution in [1.29, 1.82) is 0 Å². The number of esters is 1. The number of hydrazone groups is 1. The Morgan fingerprint density at radius 3 is 2.33 bits per heavy atom. The minimum atomic E-state index is -0.899. The van der Waals surface area contributed by atoms with E-state index in [9.17, 15) is 9.59 Å². The van der Waals surface area contributed by atoms with Crippen molar-refractivity contribution in [3.8, 4) is 0 Å². The van der Waals surface area contributed by atoms with Gasteiger partial charge in [-0.15, -0.1) is 0 Å². The third-order valence-electron chi connectivity index (χ3n) is 4.81. The molecule has 8 heteroatoms. The van der Waals surface area contributed by atoms with Crippen LogP contribution in [0.3, 0.4) is 0 Å². The molecular formula is C22H21N3O3S2. The molecule has 0 aromatic heterocycles. The van der Waals surface area contributed by atoms with E-state index in [2.05, 4.69) is 10.0 Å². The topological polar surface area (TPSA) is 62.2 Å². The van der Waals surface area contributed by atoms with Crippen molar-refractivity contribution in [2.24, 2.45) is 5.10 Å². The van der Waals surface area contributed by atoms with Crippen LogP contribution in [0.4, 0.5) is 11.4 Å². The molecule has 0 bridgehead atoms. The van der Waals surface area contributed by atoms with Gasteiger partial charge in [-0.2, -0.15) is 5.10 Å². The van der Waals surface area contributed by atoms with Crippen molar-refractivity contribution >= 4 is 51.7 Å². The second-order valence-corrected chi connectivity index (χ2v) is 9.54. The molecule has 154 valence electrons. The van der Waals surface area contributed by atoms with Crippen molar-refractivity contribution in [3.63, 3.8) is 0 Å². The monoisotopic (exact) mass is 439 g/mol. The summed E-state index contributed by atoms with van der Waals surface area (Å²) in [6.45, 7) is 5.49. The highest BCUT2D eigenvalue weighted by Crippen LogP contribution is 2.60. The van der Waals surface area contributed by atoms with Crippen molar-refractivity contribution in [3.05, 3.63) is 70.8 Å². The maximum atomic E-state index is 12.5. The van der Waals surface area contributed by atoms with E-state index in [1.807, 2.05) is 73.5 Å². The van der Waals surface area contributed by atoms with Crippen LogP contribution in [0.1, 0.15) is 19.4 Å². The van der Waals surface area contributed by atoms with Crippen LogP contribution in [-0.2, 0) is 14.3 Å². The van der Waals surface area contributed by atoms with E-state index in [0.717, 1.165) is 22.6 Å². The SMILES string of the molecule is COC(=O)C1=NN(c2cccc(C)c2)[C@]2(S1)SC(C(C)=O)=C(C)N2c1ccccc1. The first-order valence-electron chi connectivity index (χ1n) is 9.36. The number of nitrogens with zero attached hydrogens (tertiary/aromatic N) is 3. The van der Waals surface area contributed by atoms with Crippen LogP contribution >= 0.6 is 23.5 Å². The van der Waals surface area contributed by atoms with Crippen LogP contribution in [0.2, 0.25) is 0 Å². The molecule has 2 aromatic rings.